The van der Waals surface area contributed by atoms with E-state index in [0.29, 0.717) is 5.56 Å². The Morgan fingerprint density at radius 3 is 2.15 bits per heavy atom. The Morgan fingerprint density at radius 2 is 1.60 bits per heavy atom. The number of benzene rings is 2. The van der Waals surface area contributed by atoms with Crippen molar-refractivity contribution >= 4 is 12.6 Å². The Morgan fingerprint density at radius 1 is 1.00 bits per heavy atom. The molecule has 0 heterocycles. The second-order valence-electron chi connectivity index (χ2n) is 5.62. The van der Waals surface area contributed by atoms with Crippen molar-refractivity contribution in [1.82, 2.24) is 0 Å². The Bertz CT molecular complexity index is 607. The lowest BCUT2D eigenvalue weighted by atomic mass is 9.71. The number of phenolic OH excluding ortho intramolecular Hbond substituents is 1. The van der Waals surface area contributed by atoms with Gasteiger partial charge in [0.25, 0.3) is 0 Å². The zero-order valence-electron chi connectivity index (χ0n) is 12.0. The summed E-state index contributed by atoms with van der Waals surface area (Å²) in [6, 6.07) is 13.3. The molecule has 0 bridgehead atoms. The van der Waals surface area contributed by atoms with Crippen LogP contribution < -0.4 is 5.46 Å². The number of hydrogen-bond donors (Lipinski definition) is 3. The van der Waals surface area contributed by atoms with E-state index in [9.17, 15) is 15.2 Å². The molecular formula is C16H19BO3. The van der Waals surface area contributed by atoms with Crippen molar-refractivity contribution < 1.29 is 15.2 Å². The Balaban J connectivity index is 2.63. The van der Waals surface area contributed by atoms with Gasteiger partial charge in [-0.3, -0.25) is 0 Å². The van der Waals surface area contributed by atoms with Crippen molar-refractivity contribution in [3.63, 3.8) is 0 Å². The van der Waals surface area contributed by atoms with Gasteiger partial charge in [0.1, 0.15) is 5.75 Å². The fourth-order valence-electron chi connectivity index (χ4n) is 2.49. The molecule has 20 heavy (non-hydrogen) atoms. The third kappa shape index (κ3) is 2.57. The van der Waals surface area contributed by atoms with Crippen LogP contribution in [0.5, 0.6) is 5.75 Å². The number of phenols is 1. The molecule has 0 aliphatic carbocycles. The van der Waals surface area contributed by atoms with E-state index in [-0.39, 0.29) is 11.2 Å². The SMILES string of the molecule is Cc1cc(B(O)O)c(O)c(C(C)(C)c2ccccc2)c1. The Kier molecular flexibility index (Phi) is 3.88. The molecule has 0 fully saturated rings. The first-order chi connectivity index (χ1) is 9.34. The molecule has 2 aromatic carbocycles. The first kappa shape index (κ1) is 14.6. The Labute approximate surface area is 119 Å². The molecule has 0 radical (unpaired) electrons. The highest BCUT2D eigenvalue weighted by molar-refractivity contribution is 6.59. The molecule has 0 saturated carbocycles. The van der Waals surface area contributed by atoms with Crippen LogP contribution in [-0.2, 0) is 5.41 Å². The molecule has 0 aromatic heterocycles. The van der Waals surface area contributed by atoms with Crippen LogP contribution in [0.2, 0.25) is 0 Å². The maximum atomic E-state index is 10.4. The zero-order chi connectivity index (χ0) is 14.9. The van der Waals surface area contributed by atoms with Gasteiger partial charge in [-0.1, -0.05) is 61.9 Å². The highest BCUT2D eigenvalue weighted by Gasteiger charge is 2.29. The van der Waals surface area contributed by atoms with Gasteiger partial charge < -0.3 is 15.2 Å². The molecule has 0 aliphatic rings. The second-order valence-corrected chi connectivity index (χ2v) is 5.62. The minimum atomic E-state index is -1.68. The standard InChI is InChI=1S/C16H19BO3/c1-11-9-13(15(18)14(10-11)17(19)20)16(2,3)12-7-5-4-6-8-12/h4-10,18-20H,1-3H3. The quantitative estimate of drug-likeness (QED) is 0.744. The van der Waals surface area contributed by atoms with Crippen LogP contribution in [0, 0.1) is 6.92 Å². The van der Waals surface area contributed by atoms with Crippen molar-refractivity contribution in [2.75, 3.05) is 0 Å². The van der Waals surface area contributed by atoms with Gasteiger partial charge >= 0.3 is 7.12 Å². The van der Waals surface area contributed by atoms with Gasteiger partial charge in [-0.2, -0.15) is 0 Å². The lowest BCUT2D eigenvalue weighted by Gasteiger charge is -2.28. The van der Waals surface area contributed by atoms with Crippen LogP contribution in [0.3, 0.4) is 0 Å². The van der Waals surface area contributed by atoms with Crippen LogP contribution in [-0.4, -0.2) is 22.3 Å². The van der Waals surface area contributed by atoms with Crippen LogP contribution in [0.1, 0.15) is 30.5 Å². The summed E-state index contributed by atoms with van der Waals surface area (Å²) < 4.78 is 0. The van der Waals surface area contributed by atoms with Crippen molar-refractivity contribution in [1.29, 1.82) is 0 Å². The minimum absolute atomic E-state index is 0.0561. The maximum Gasteiger partial charge on any atom is 0.492 e. The molecule has 104 valence electrons. The van der Waals surface area contributed by atoms with E-state index in [2.05, 4.69) is 0 Å². The zero-order valence-corrected chi connectivity index (χ0v) is 12.0. The predicted octanol–water partition coefficient (Wildman–Crippen LogP) is 1.71. The first-order valence-corrected chi connectivity index (χ1v) is 6.59. The first-order valence-electron chi connectivity index (χ1n) is 6.59. The van der Waals surface area contributed by atoms with Crippen LogP contribution in [0.25, 0.3) is 0 Å². The van der Waals surface area contributed by atoms with E-state index in [0.717, 1.165) is 11.1 Å². The van der Waals surface area contributed by atoms with Gasteiger partial charge in [0.2, 0.25) is 0 Å². The smallest absolute Gasteiger partial charge is 0.492 e. The summed E-state index contributed by atoms with van der Waals surface area (Å²) in [5, 5.41) is 29.1. The maximum absolute atomic E-state index is 10.4. The molecule has 2 rings (SSSR count). The van der Waals surface area contributed by atoms with Crippen LogP contribution in [0.15, 0.2) is 42.5 Å². The molecule has 0 atom stereocenters. The van der Waals surface area contributed by atoms with Crippen molar-refractivity contribution in [2.24, 2.45) is 0 Å². The summed E-state index contributed by atoms with van der Waals surface area (Å²) in [6.07, 6.45) is 0. The second kappa shape index (κ2) is 5.31. The normalized spacial score (nSPS) is 11.4. The van der Waals surface area contributed by atoms with E-state index in [1.165, 1.54) is 0 Å². The van der Waals surface area contributed by atoms with Gasteiger partial charge in [0.15, 0.2) is 0 Å². The van der Waals surface area contributed by atoms with Gasteiger partial charge in [-0.25, -0.2) is 0 Å². The summed E-state index contributed by atoms with van der Waals surface area (Å²) in [6.45, 7) is 5.88. The lowest BCUT2D eigenvalue weighted by molar-refractivity contribution is 0.416. The van der Waals surface area contributed by atoms with E-state index in [1.54, 1.807) is 6.07 Å². The molecule has 0 spiro atoms. The van der Waals surface area contributed by atoms with Gasteiger partial charge in [0, 0.05) is 16.4 Å². The Hall–Kier alpha value is -1.78. The third-order valence-corrected chi connectivity index (χ3v) is 3.73. The highest BCUT2D eigenvalue weighted by Crippen LogP contribution is 2.36. The highest BCUT2D eigenvalue weighted by atomic mass is 16.4. The minimum Gasteiger partial charge on any atom is -0.508 e. The van der Waals surface area contributed by atoms with E-state index < -0.39 is 12.5 Å². The number of rotatable bonds is 3. The van der Waals surface area contributed by atoms with Crippen molar-refractivity contribution in [2.45, 2.75) is 26.2 Å². The summed E-state index contributed by atoms with van der Waals surface area (Å²) in [7, 11) is -1.68. The molecule has 0 unspecified atom stereocenters. The average Bonchev–Trinajstić information content (AvgIpc) is 2.41. The van der Waals surface area contributed by atoms with E-state index >= 15 is 0 Å². The fourth-order valence-corrected chi connectivity index (χ4v) is 2.49. The van der Waals surface area contributed by atoms with Gasteiger partial charge in [-0.15, -0.1) is 0 Å². The summed E-state index contributed by atoms with van der Waals surface area (Å²) in [5.74, 6) is -0.0561. The monoisotopic (exact) mass is 270 g/mol. The van der Waals surface area contributed by atoms with Crippen LogP contribution >= 0.6 is 0 Å². The summed E-state index contributed by atoms with van der Waals surface area (Å²) in [4.78, 5) is 0. The predicted molar refractivity (Wildman–Crippen MR) is 81.2 cm³/mol. The largest absolute Gasteiger partial charge is 0.508 e. The van der Waals surface area contributed by atoms with Gasteiger partial charge in [0.05, 0.1) is 0 Å². The van der Waals surface area contributed by atoms with E-state index in [4.69, 9.17) is 0 Å². The third-order valence-electron chi connectivity index (χ3n) is 3.73. The fraction of sp³-hybridized carbons (Fsp3) is 0.250. The molecule has 0 amide bonds. The average molecular weight is 270 g/mol. The van der Waals surface area contributed by atoms with Crippen molar-refractivity contribution in [3.8, 4) is 5.75 Å². The van der Waals surface area contributed by atoms with Gasteiger partial charge in [-0.05, 0) is 12.5 Å². The molecular weight excluding hydrogens is 251 g/mol. The molecule has 4 heteroatoms. The molecule has 2 aromatic rings. The van der Waals surface area contributed by atoms with Crippen LogP contribution in [0.4, 0.5) is 0 Å². The number of aromatic hydroxyl groups is 1. The lowest BCUT2D eigenvalue weighted by Crippen LogP contribution is -2.32. The number of hydrogen-bond acceptors (Lipinski definition) is 3. The molecule has 0 saturated heterocycles. The van der Waals surface area contributed by atoms with Crippen molar-refractivity contribution in [3.05, 3.63) is 59.2 Å². The topological polar surface area (TPSA) is 60.7 Å². The van der Waals surface area contributed by atoms with E-state index in [1.807, 2.05) is 57.2 Å². The summed E-state index contributed by atoms with van der Waals surface area (Å²) >= 11 is 0. The number of aryl methyl sites for hydroxylation is 1. The summed E-state index contributed by atoms with van der Waals surface area (Å²) in [5.41, 5.74) is 2.33. The molecule has 3 N–H and O–H groups in total. The molecule has 3 nitrogen and oxygen atoms in total. The molecule has 0 aliphatic heterocycles.